The second kappa shape index (κ2) is 8.44. The number of aromatic nitrogens is 1. The molecule has 1 aromatic heterocycles. The first-order valence-electron chi connectivity index (χ1n) is 10.8. The summed E-state index contributed by atoms with van der Waals surface area (Å²) >= 11 is 1.08. The van der Waals surface area contributed by atoms with Crippen LogP contribution in [0.15, 0.2) is 52.8 Å². The Morgan fingerprint density at radius 3 is 2.86 bits per heavy atom. The van der Waals surface area contributed by atoms with Crippen molar-refractivity contribution in [3.63, 3.8) is 0 Å². The maximum atomic E-state index is 9.90. The van der Waals surface area contributed by atoms with Crippen molar-refractivity contribution in [2.45, 2.75) is 75.8 Å². The molecule has 1 saturated heterocycles. The summed E-state index contributed by atoms with van der Waals surface area (Å²) in [6.07, 6.45) is 14.2. The third-order valence-corrected chi connectivity index (χ3v) is 8.15. The molecule has 5 rings (SSSR count). The second-order valence-corrected chi connectivity index (χ2v) is 9.84. The molecule has 4 aliphatic rings. The fourth-order valence-corrected chi connectivity index (χ4v) is 6.53. The molecule has 1 N–H and O–H groups in total. The van der Waals surface area contributed by atoms with Crippen molar-refractivity contribution in [3.05, 3.63) is 47.8 Å². The third-order valence-electron chi connectivity index (χ3n) is 7.57. The van der Waals surface area contributed by atoms with Crippen molar-refractivity contribution in [2.75, 3.05) is 0 Å². The van der Waals surface area contributed by atoms with Gasteiger partial charge in [0.05, 0.1) is 0 Å². The van der Waals surface area contributed by atoms with E-state index in [0.717, 1.165) is 34.2 Å². The molecular formula is C24H32N2OS. The number of nitrogens with zero attached hydrogens (tertiary/aromatic N) is 1. The monoisotopic (exact) mass is 396 g/mol. The van der Waals surface area contributed by atoms with Crippen molar-refractivity contribution in [1.29, 1.82) is 0 Å². The topological polar surface area (TPSA) is 42.0 Å². The highest BCUT2D eigenvalue weighted by molar-refractivity contribution is 8.11. The SMILES string of the molecule is C=C1CC[C@@]2(C)C(CCC3=C4CCCC4CCC32)N1.O=CSc1ccccn1. The number of carbonyl (C=O) groups excluding carboxylic acids is 1. The Morgan fingerprint density at radius 1 is 1.18 bits per heavy atom. The minimum atomic E-state index is 0.509. The molecule has 150 valence electrons. The van der Waals surface area contributed by atoms with Gasteiger partial charge in [-0.2, -0.15) is 0 Å². The first-order chi connectivity index (χ1) is 13.6. The van der Waals surface area contributed by atoms with Crippen LogP contribution in [0.25, 0.3) is 0 Å². The molecule has 0 aromatic carbocycles. The lowest BCUT2D eigenvalue weighted by molar-refractivity contribution is 0.0658. The van der Waals surface area contributed by atoms with Crippen molar-refractivity contribution < 1.29 is 4.79 Å². The molecule has 4 atom stereocenters. The number of pyridine rings is 1. The largest absolute Gasteiger partial charge is 0.386 e. The van der Waals surface area contributed by atoms with E-state index in [4.69, 9.17) is 0 Å². The van der Waals surface area contributed by atoms with E-state index in [1.165, 1.54) is 63.5 Å². The van der Waals surface area contributed by atoms with Gasteiger partial charge >= 0.3 is 0 Å². The van der Waals surface area contributed by atoms with E-state index in [0.29, 0.717) is 11.5 Å². The Hall–Kier alpha value is -1.55. The van der Waals surface area contributed by atoms with E-state index in [1.54, 1.807) is 12.3 Å². The molecule has 0 bridgehead atoms. The fraction of sp³-hybridized carbons (Fsp3) is 0.583. The molecule has 1 aliphatic heterocycles. The molecule has 2 saturated carbocycles. The van der Waals surface area contributed by atoms with Crippen molar-refractivity contribution >= 4 is 17.4 Å². The number of hydrogen-bond donors (Lipinski definition) is 1. The summed E-state index contributed by atoms with van der Waals surface area (Å²) < 4.78 is 0. The van der Waals surface area contributed by atoms with E-state index >= 15 is 0 Å². The van der Waals surface area contributed by atoms with Crippen molar-refractivity contribution in [2.24, 2.45) is 17.3 Å². The number of fused-ring (bicyclic) bond motifs is 4. The van der Waals surface area contributed by atoms with Gasteiger partial charge in [-0.25, -0.2) is 4.98 Å². The van der Waals surface area contributed by atoms with E-state index in [9.17, 15) is 4.79 Å². The van der Waals surface area contributed by atoms with Crippen LogP contribution in [-0.2, 0) is 4.79 Å². The molecule has 3 aliphatic carbocycles. The quantitative estimate of drug-likeness (QED) is 0.382. The fourth-order valence-electron chi connectivity index (χ4n) is 6.15. The Balaban J connectivity index is 0.000000181. The Bertz CT molecular complexity index is 759. The van der Waals surface area contributed by atoms with Crippen molar-refractivity contribution in [3.8, 4) is 0 Å². The summed E-state index contributed by atoms with van der Waals surface area (Å²) in [5.74, 6) is 1.87. The number of rotatable bonds is 2. The molecule has 1 aromatic rings. The maximum absolute atomic E-state index is 9.90. The molecule has 0 amide bonds. The molecule has 0 spiro atoms. The minimum Gasteiger partial charge on any atom is -0.386 e. The summed E-state index contributed by atoms with van der Waals surface area (Å²) in [6, 6.07) is 6.15. The summed E-state index contributed by atoms with van der Waals surface area (Å²) in [7, 11) is 0. The molecule has 3 nitrogen and oxygen atoms in total. The first-order valence-corrected chi connectivity index (χ1v) is 11.7. The van der Waals surface area contributed by atoms with Gasteiger partial charge in [-0.1, -0.05) is 30.7 Å². The molecule has 0 radical (unpaired) electrons. The standard InChI is InChI=1S/C18H27N.C6H5NOS/c1-12-10-11-18(2)16-8-6-13-4-3-5-14(13)15(16)7-9-17(18)19-12;8-5-9-6-3-1-2-4-7-6/h13,16-17,19H,1,3-11H2,2H3;1-5H/t13?,16?,17?,18-;/m1./s1. The summed E-state index contributed by atoms with van der Waals surface area (Å²) in [5, 5.41) is 4.48. The van der Waals surface area contributed by atoms with E-state index in [2.05, 4.69) is 23.8 Å². The van der Waals surface area contributed by atoms with Gasteiger partial charge in [0, 0.05) is 17.9 Å². The zero-order valence-electron chi connectivity index (χ0n) is 17.0. The van der Waals surface area contributed by atoms with Gasteiger partial charge in [0.15, 0.2) is 5.62 Å². The van der Waals surface area contributed by atoms with Gasteiger partial charge in [0.1, 0.15) is 5.03 Å². The van der Waals surface area contributed by atoms with Gasteiger partial charge < -0.3 is 5.32 Å². The summed E-state index contributed by atoms with van der Waals surface area (Å²) in [5.41, 5.74) is 6.40. The summed E-state index contributed by atoms with van der Waals surface area (Å²) in [6.45, 7) is 6.74. The van der Waals surface area contributed by atoms with Gasteiger partial charge in [-0.05, 0) is 98.9 Å². The maximum Gasteiger partial charge on any atom is 0.182 e. The van der Waals surface area contributed by atoms with Crippen LogP contribution in [0.5, 0.6) is 0 Å². The van der Waals surface area contributed by atoms with Gasteiger partial charge in [-0.15, -0.1) is 0 Å². The lowest BCUT2D eigenvalue weighted by atomic mass is 9.55. The predicted molar refractivity (Wildman–Crippen MR) is 117 cm³/mol. The van der Waals surface area contributed by atoms with Crippen LogP contribution < -0.4 is 5.32 Å². The van der Waals surface area contributed by atoms with Gasteiger partial charge in [0.2, 0.25) is 0 Å². The number of hydrogen-bond acceptors (Lipinski definition) is 4. The van der Waals surface area contributed by atoms with Crippen LogP contribution in [0.1, 0.15) is 64.7 Å². The summed E-state index contributed by atoms with van der Waals surface area (Å²) in [4.78, 5) is 13.8. The van der Waals surface area contributed by atoms with Crippen LogP contribution in [0.4, 0.5) is 0 Å². The number of thioether (sulfide) groups is 1. The van der Waals surface area contributed by atoms with Crippen molar-refractivity contribution in [1.82, 2.24) is 10.3 Å². The number of carbonyl (C=O) groups is 1. The first kappa shape index (κ1) is 19.8. The molecule has 2 heterocycles. The highest BCUT2D eigenvalue weighted by Gasteiger charge is 2.50. The smallest absolute Gasteiger partial charge is 0.182 e. The molecular weight excluding hydrogens is 364 g/mol. The minimum absolute atomic E-state index is 0.509. The lowest BCUT2D eigenvalue weighted by Crippen LogP contribution is -2.54. The molecule has 3 fully saturated rings. The van der Waals surface area contributed by atoms with Crippen LogP contribution in [-0.4, -0.2) is 16.6 Å². The van der Waals surface area contributed by atoms with Gasteiger partial charge in [0.25, 0.3) is 0 Å². The predicted octanol–water partition coefficient (Wildman–Crippen LogP) is 5.92. The molecule has 3 unspecified atom stereocenters. The van der Waals surface area contributed by atoms with Crippen LogP contribution >= 0.6 is 11.8 Å². The zero-order valence-corrected chi connectivity index (χ0v) is 17.8. The van der Waals surface area contributed by atoms with E-state index in [-0.39, 0.29) is 0 Å². The average Bonchev–Trinajstić information content (AvgIpc) is 3.19. The molecule has 4 heteroatoms. The normalized spacial score (nSPS) is 33.6. The van der Waals surface area contributed by atoms with E-state index < -0.39 is 0 Å². The Labute approximate surface area is 173 Å². The molecule has 28 heavy (non-hydrogen) atoms. The van der Waals surface area contributed by atoms with Crippen LogP contribution in [0, 0.1) is 17.3 Å². The van der Waals surface area contributed by atoms with Crippen LogP contribution in [0.3, 0.4) is 0 Å². The van der Waals surface area contributed by atoms with Gasteiger partial charge in [-0.3, -0.25) is 4.79 Å². The highest BCUT2D eigenvalue weighted by atomic mass is 32.2. The number of nitrogens with one attached hydrogen (secondary N) is 1. The highest BCUT2D eigenvalue weighted by Crippen LogP contribution is 2.57. The third kappa shape index (κ3) is 3.80. The second-order valence-electron chi connectivity index (χ2n) is 9.00. The number of piperidine rings is 1. The Kier molecular flexibility index (Phi) is 5.96. The zero-order chi connectivity index (χ0) is 19.6. The Morgan fingerprint density at radius 2 is 2.07 bits per heavy atom. The van der Waals surface area contributed by atoms with Crippen LogP contribution in [0.2, 0.25) is 0 Å². The number of allylic oxidation sites excluding steroid dienone is 3. The van der Waals surface area contributed by atoms with E-state index in [1.807, 2.05) is 23.3 Å². The lowest BCUT2D eigenvalue weighted by Gasteiger charge is -2.54. The average molecular weight is 397 g/mol.